The molecule has 0 N–H and O–H groups in total. The van der Waals surface area contributed by atoms with E-state index >= 15 is 0 Å². The van der Waals surface area contributed by atoms with E-state index in [-0.39, 0.29) is 17.0 Å². The third kappa shape index (κ3) is 4.30. The van der Waals surface area contributed by atoms with Crippen molar-refractivity contribution in [1.82, 2.24) is 9.88 Å². The second kappa shape index (κ2) is 5.92. The van der Waals surface area contributed by atoms with E-state index < -0.39 is 0 Å². The normalized spacial score (nSPS) is 12.6. The minimum atomic E-state index is -0.354. The number of esters is 1. The van der Waals surface area contributed by atoms with Crippen molar-refractivity contribution in [3.63, 3.8) is 0 Å². The molecule has 4 nitrogen and oxygen atoms in total. The maximum atomic E-state index is 11.4. The lowest BCUT2D eigenvalue weighted by Crippen LogP contribution is -2.51. The molecule has 1 rings (SSSR count). The Hall–Kier alpha value is -1.42. The van der Waals surface area contributed by atoms with Gasteiger partial charge in [-0.1, -0.05) is 0 Å². The Morgan fingerprint density at radius 2 is 1.70 bits per heavy atom. The van der Waals surface area contributed by atoms with Crippen LogP contribution >= 0.6 is 0 Å². The van der Waals surface area contributed by atoms with Crippen LogP contribution in [0.25, 0.3) is 0 Å². The minimum absolute atomic E-state index is 0.0426. The summed E-state index contributed by atoms with van der Waals surface area (Å²) < 4.78 is 4.68. The molecule has 0 aliphatic carbocycles. The molecule has 112 valence electrons. The number of hydrogen-bond donors (Lipinski definition) is 0. The minimum Gasteiger partial charge on any atom is -0.465 e. The van der Waals surface area contributed by atoms with E-state index in [4.69, 9.17) is 0 Å². The lowest BCUT2D eigenvalue weighted by molar-refractivity contribution is 0.0285. The van der Waals surface area contributed by atoms with Crippen molar-refractivity contribution in [2.75, 3.05) is 7.11 Å². The topological polar surface area (TPSA) is 42.4 Å². The molecule has 0 saturated carbocycles. The fraction of sp³-hybridized carbons (Fsp3) is 0.625. The molecule has 20 heavy (non-hydrogen) atoms. The van der Waals surface area contributed by atoms with Crippen LogP contribution in [0.15, 0.2) is 18.3 Å². The Balaban J connectivity index is 2.93. The van der Waals surface area contributed by atoms with E-state index in [0.29, 0.717) is 5.56 Å². The Kier molecular flexibility index (Phi) is 4.92. The van der Waals surface area contributed by atoms with Crippen molar-refractivity contribution < 1.29 is 9.53 Å². The second-order valence-corrected chi connectivity index (χ2v) is 6.96. The molecule has 0 amide bonds. The van der Waals surface area contributed by atoms with Gasteiger partial charge in [0.1, 0.15) is 0 Å². The smallest absolute Gasteiger partial charge is 0.339 e. The number of ether oxygens (including phenoxy) is 1. The number of methoxy groups -OCH3 is 1. The monoisotopic (exact) mass is 278 g/mol. The van der Waals surface area contributed by atoms with Gasteiger partial charge in [-0.05, 0) is 53.7 Å². The summed E-state index contributed by atoms with van der Waals surface area (Å²) in [6, 6.07) is 3.65. The van der Waals surface area contributed by atoms with Crippen molar-refractivity contribution in [2.24, 2.45) is 0 Å². The molecule has 0 aromatic carbocycles. The van der Waals surface area contributed by atoms with Crippen LogP contribution in [0.1, 0.15) is 57.6 Å². The summed E-state index contributed by atoms with van der Waals surface area (Å²) in [7, 11) is 1.37. The fourth-order valence-electron chi connectivity index (χ4n) is 2.40. The van der Waals surface area contributed by atoms with Crippen molar-refractivity contribution in [2.45, 2.75) is 59.2 Å². The van der Waals surface area contributed by atoms with E-state index in [1.807, 2.05) is 6.07 Å². The zero-order valence-electron chi connectivity index (χ0n) is 13.7. The highest BCUT2D eigenvalue weighted by atomic mass is 16.5. The largest absolute Gasteiger partial charge is 0.465 e. The van der Waals surface area contributed by atoms with E-state index in [1.54, 1.807) is 12.3 Å². The van der Waals surface area contributed by atoms with Crippen molar-refractivity contribution >= 4 is 5.97 Å². The molecule has 1 heterocycles. The highest BCUT2D eigenvalue weighted by molar-refractivity contribution is 5.88. The van der Waals surface area contributed by atoms with Gasteiger partial charge < -0.3 is 4.74 Å². The first-order chi connectivity index (χ1) is 9.05. The number of aromatic nitrogens is 1. The van der Waals surface area contributed by atoms with E-state index in [9.17, 15) is 4.79 Å². The summed E-state index contributed by atoms with van der Waals surface area (Å²) in [4.78, 5) is 18.2. The molecule has 0 aliphatic rings. The number of rotatable bonds is 3. The van der Waals surface area contributed by atoms with Gasteiger partial charge >= 0.3 is 5.97 Å². The molecule has 4 heteroatoms. The highest BCUT2D eigenvalue weighted by Crippen LogP contribution is 2.26. The first kappa shape index (κ1) is 16.6. The maximum Gasteiger partial charge on any atom is 0.339 e. The number of carbonyl (C=O) groups is 1. The number of nitrogens with zero attached hydrogens (tertiary/aromatic N) is 2. The van der Waals surface area contributed by atoms with E-state index in [1.165, 1.54) is 7.11 Å². The van der Waals surface area contributed by atoms with Gasteiger partial charge in [0, 0.05) is 23.8 Å². The van der Waals surface area contributed by atoms with Crippen LogP contribution in [0.4, 0.5) is 0 Å². The van der Waals surface area contributed by atoms with Crippen LogP contribution in [0.3, 0.4) is 0 Å². The van der Waals surface area contributed by atoms with Crippen LogP contribution in [0.2, 0.25) is 0 Å². The van der Waals surface area contributed by atoms with Crippen molar-refractivity contribution in [3.8, 4) is 0 Å². The Morgan fingerprint density at radius 1 is 1.15 bits per heavy atom. The fourth-order valence-corrected chi connectivity index (χ4v) is 2.40. The van der Waals surface area contributed by atoms with Gasteiger partial charge in [0.2, 0.25) is 0 Å². The summed E-state index contributed by atoms with van der Waals surface area (Å²) in [5, 5.41) is 0. The van der Waals surface area contributed by atoms with Crippen LogP contribution in [-0.2, 0) is 11.3 Å². The van der Waals surface area contributed by atoms with E-state index in [0.717, 1.165) is 12.2 Å². The quantitative estimate of drug-likeness (QED) is 0.796. The number of pyridine rings is 1. The molecule has 0 bridgehead atoms. The third-order valence-corrected chi connectivity index (χ3v) is 3.19. The Morgan fingerprint density at radius 3 is 2.05 bits per heavy atom. The zero-order valence-corrected chi connectivity index (χ0v) is 13.7. The molecule has 0 unspecified atom stereocenters. The van der Waals surface area contributed by atoms with Gasteiger partial charge in [-0.2, -0.15) is 0 Å². The molecular formula is C16H26N2O2. The summed E-state index contributed by atoms with van der Waals surface area (Å²) in [6.07, 6.45) is 1.57. The zero-order chi connectivity index (χ0) is 15.6. The average molecular weight is 278 g/mol. The molecule has 0 radical (unpaired) electrons. The Labute approximate surface area is 122 Å². The average Bonchev–Trinajstić information content (AvgIpc) is 2.33. The lowest BCUT2D eigenvalue weighted by atomic mass is 9.95. The van der Waals surface area contributed by atoms with Gasteiger partial charge in [-0.15, -0.1) is 0 Å². The van der Waals surface area contributed by atoms with Gasteiger partial charge in [-0.25, -0.2) is 4.79 Å². The van der Waals surface area contributed by atoms with Crippen LogP contribution < -0.4 is 0 Å². The molecule has 0 fully saturated rings. The summed E-state index contributed by atoms with van der Waals surface area (Å²) >= 11 is 0. The third-order valence-electron chi connectivity index (χ3n) is 3.19. The van der Waals surface area contributed by atoms with Gasteiger partial charge in [0.15, 0.2) is 0 Å². The SMILES string of the molecule is COC(=O)c1ccc(CN(C(C)(C)C)C(C)(C)C)nc1. The second-order valence-electron chi connectivity index (χ2n) is 6.96. The number of hydrogen-bond acceptors (Lipinski definition) is 4. The van der Waals surface area contributed by atoms with Crippen LogP contribution in [-0.4, -0.2) is 34.0 Å². The van der Waals surface area contributed by atoms with Gasteiger partial charge in [0.05, 0.1) is 18.4 Å². The summed E-state index contributed by atoms with van der Waals surface area (Å²) in [5.41, 5.74) is 1.51. The van der Waals surface area contributed by atoms with Gasteiger partial charge in [0.25, 0.3) is 0 Å². The summed E-state index contributed by atoms with van der Waals surface area (Å²) in [6.45, 7) is 13.9. The molecule has 0 atom stereocenters. The molecule has 1 aromatic rings. The molecule has 0 saturated heterocycles. The van der Waals surface area contributed by atoms with Crippen molar-refractivity contribution in [3.05, 3.63) is 29.6 Å². The van der Waals surface area contributed by atoms with Crippen molar-refractivity contribution in [1.29, 1.82) is 0 Å². The number of carbonyl (C=O) groups excluding carboxylic acids is 1. The maximum absolute atomic E-state index is 11.4. The molecule has 1 aromatic heterocycles. The highest BCUT2D eigenvalue weighted by Gasteiger charge is 2.31. The van der Waals surface area contributed by atoms with Crippen LogP contribution in [0, 0.1) is 0 Å². The molecular weight excluding hydrogens is 252 g/mol. The predicted octanol–water partition coefficient (Wildman–Crippen LogP) is 3.27. The van der Waals surface area contributed by atoms with Gasteiger partial charge in [-0.3, -0.25) is 9.88 Å². The molecule has 0 aliphatic heterocycles. The standard InChI is InChI=1S/C16H26N2O2/c1-15(2,3)18(16(4,5)6)11-13-9-8-12(10-17-13)14(19)20-7/h8-10H,11H2,1-7H3. The molecule has 0 spiro atoms. The lowest BCUT2D eigenvalue weighted by Gasteiger charge is -2.45. The first-order valence-electron chi connectivity index (χ1n) is 6.86. The Bertz CT molecular complexity index is 439. The van der Waals surface area contributed by atoms with E-state index in [2.05, 4.69) is 56.2 Å². The first-order valence-corrected chi connectivity index (χ1v) is 6.86. The summed E-state index contributed by atoms with van der Waals surface area (Å²) in [5.74, 6) is -0.354. The predicted molar refractivity (Wildman–Crippen MR) is 80.6 cm³/mol. The van der Waals surface area contributed by atoms with Crippen LogP contribution in [0.5, 0.6) is 0 Å².